The fourth-order valence-corrected chi connectivity index (χ4v) is 1.83. The average molecular weight is 233 g/mol. The van der Waals surface area contributed by atoms with E-state index in [1.165, 1.54) is 6.39 Å². The van der Waals surface area contributed by atoms with E-state index in [2.05, 4.69) is 4.98 Å². The standard InChI is InChI=1S/C13H15NO3/c1-9-12(17-8-14-9)13(2,15)10-5-4-6-11(7-10)16-3/h4-8,15H,1-3H3. The Bertz CT molecular complexity index is 517. The number of aromatic nitrogens is 1. The van der Waals surface area contributed by atoms with Gasteiger partial charge in [-0.25, -0.2) is 4.98 Å². The summed E-state index contributed by atoms with van der Waals surface area (Å²) in [6.07, 6.45) is 1.33. The molecule has 0 bridgehead atoms. The van der Waals surface area contributed by atoms with Crippen LogP contribution >= 0.6 is 0 Å². The van der Waals surface area contributed by atoms with Gasteiger partial charge in [0.25, 0.3) is 0 Å². The maximum Gasteiger partial charge on any atom is 0.181 e. The van der Waals surface area contributed by atoms with E-state index in [0.29, 0.717) is 22.8 Å². The summed E-state index contributed by atoms with van der Waals surface area (Å²) in [5, 5.41) is 10.6. The smallest absolute Gasteiger partial charge is 0.181 e. The largest absolute Gasteiger partial charge is 0.497 e. The van der Waals surface area contributed by atoms with E-state index in [1.54, 1.807) is 27.0 Å². The summed E-state index contributed by atoms with van der Waals surface area (Å²) in [7, 11) is 1.59. The van der Waals surface area contributed by atoms with Gasteiger partial charge < -0.3 is 14.3 Å². The Morgan fingerprint density at radius 2 is 2.18 bits per heavy atom. The van der Waals surface area contributed by atoms with Crippen LogP contribution in [0.5, 0.6) is 5.75 Å². The predicted octanol–water partition coefficient (Wildman–Crippen LogP) is 2.25. The van der Waals surface area contributed by atoms with Crippen molar-refractivity contribution >= 4 is 0 Å². The number of nitrogens with zero attached hydrogens (tertiary/aromatic N) is 1. The minimum Gasteiger partial charge on any atom is -0.497 e. The molecule has 1 heterocycles. The molecule has 0 saturated carbocycles. The van der Waals surface area contributed by atoms with Crippen LogP contribution in [0.1, 0.15) is 23.9 Å². The Hall–Kier alpha value is -1.81. The molecule has 1 aromatic carbocycles. The van der Waals surface area contributed by atoms with Crippen LogP contribution in [0.15, 0.2) is 35.1 Å². The van der Waals surface area contributed by atoms with Gasteiger partial charge in [0.05, 0.1) is 12.8 Å². The molecule has 1 unspecified atom stereocenters. The van der Waals surface area contributed by atoms with Crippen molar-refractivity contribution in [3.63, 3.8) is 0 Å². The molecule has 1 N–H and O–H groups in total. The molecule has 0 saturated heterocycles. The zero-order valence-electron chi connectivity index (χ0n) is 10.1. The Morgan fingerprint density at radius 1 is 1.41 bits per heavy atom. The minimum atomic E-state index is -1.21. The molecule has 0 aliphatic heterocycles. The first-order valence-corrected chi connectivity index (χ1v) is 5.33. The lowest BCUT2D eigenvalue weighted by atomic mass is 9.92. The van der Waals surface area contributed by atoms with Crippen molar-refractivity contribution < 1.29 is 14.3 Å². The lowest BCUT2D eigenvalue weighted by Gasteiger charge is -2.22. The highest BCUT2D eigenvalue weighted by atomic mass is 16.5. The number of hydrogen-bond acceptors (Lipinski definition) is 4. The van der Waals surface area contributed by atoms with Crippen molar-refractivity contribution in [2.24, 2.45) is 0 Å². The summed E-state index contributed by atoms with van der Waals surface area (Å²) in [6.45, 7) is 3.47. The fourth-order valence-electron chi connectivity index (χ4n) is 1.83. The van der Waals surface area contributed by atoms with Gasteiger partial charge in [0.15, 0.2) is 12.2 Å². The normalized spacial score (nSPS) is 14.4. The lowest BCUT2D eigenvalue weighted by Crippen LogP contribution is -2.23. The predicted molar refractivity (Wildman–Crippen MR) is 62.9 cm³/mol. The van der Waals surface area contributed by atoms with Gasteiger partial charge >= 0.3 is 0 Å². The highest BCUT2D eigenvalue weighted by molar-refractivity contribution is 5.37. The average Bonchev–Trinajstić information content (AvgIpc) is 2.76. The van der Waals surface area contributed by atoms with Crippen molar-refractivity contribution in [2.75, 3.05) is 7.11 Å². The van der Waals surface area contributed by atoms with Crippen LogP contribution in [0.3, 0.4) is 0 Å². The van der Waals surface area contributed by atoms with Gasteiger partial charge in [-0.2, -0.15) is 0 Å². The second kappa shape index (κ2) is 4.22. The molecule has 90 valence electrons. The monoisotopic (exact) mass is 233 g/mol. The first kappa shape index (κ1) is 11.7. The molecule has 1 atom stereocenters. The number of ether oxygens (including phenoxy) is 1. The third kappa shape index (κ3) is 2.03. The molecule has 0 spiro atoms. The Kier molecular flexibility index (Phi) is 2.90. The zero-order chi connectivity index (χ0) is 12.5. The van der Waals surface area contributed by atoms with Crippen LogP contribution in [0, 0.1) is 6.92 Å². The Balaban J connectivity index is 2.47. The number of rotatable bonds is 3. The first-order chi connectivity index (χ1) is 8.05. The molecule has 0 radical (unpaired) electrons. The highest BCUT2D eigenvalue weighted by Gasteiger charge is 2.31. The van der Waals surface area contributed by atoms with Crippen LogP contribution in [-0.2, 0) is 5.60 Å². The Labute approximate surface area is 99.9 Å². The summed E-state index contributed by atoms with van der Waals surface area (Å²) in [5.41, 5.74) is 0.171. The van der Waals surface area contributed by atoms with Gasteiger partial charge in [-0.1, -0.05) is 12.1 Å². The van der Waals surface area contributed by atoms with Gasteiger partial charge in [0, 0.05) is 0 Å². The van der Waals surface area contributed by atoms with Gasteiger partial charge in [0.2, 0.25) is 0 Å². The summed E-state index contributed by atoms with van der Waals surface area (Å²) in [5.74, 6) is 1.14. The van der Waals surface area contributed by atoms with Crippen molar-refractivity contribution in [1.29, 1.82) is 0 Å². The first-order valence-electron chi connectivity index (χ1n) is 5.33. The summed E-state index contributed by atoms with van der Waals surface area (Å²) < 4.78 is 10.4. The van der Waals surface area contributed by atoms with E-state index in [0.717, 1.165) is 0 Å². The van der Waals surface area contributed by atoms with E-state index in [1.807, 2.05) is 18.2 Å². The minimum absolute atomic E-state index is 0.450. The molecule has 4 nitrogen and oxygen atoms in total. The van der Waals surface area contributed by atoms with Crippen LogP contribution < -0.4 is 4.74 Å². The van der Waals surface area contributed by atoms with Crippen LogP contribution in [-0.4, -0.2) is 17.2 Å². The molecule has 0 aliphatic carbocycles. The van der Waals surface area contributed by atoms with Crippen LogP contribution in [0.2, 0.25) is 0 Å². The molecule has 0 aliphatic rings. The van der Waals surface area contributed by atoms with Crippen molar-refractivity contribution in [2.45, 2.75) is 19.4 Å². The van der Waals surface area contributed by atoms with Crippen LogP contribution in [0.25, 0.3) is 0 Å². The molecule has 0 amide bonds. The number of benzene rings is 1. The van der Waals surface area contributed by atoms with Gasteiger partial charge in [-0.05, 0) is 31.5 Å². The van der Waals surface area contributed by atoms with Gasteiger partial charge in [-0.3, -0.25) is 0 Å². The Morgan fingerprint density at radius 3 is 2.76 bits per heavy atom. The quantitative estimate of drug-likeness (QED) is 0.883. The molecule has 2 aromatic rings. The molecule has 0 fully saturated rings. The molecule has 2 rings (SSSR count). The maximum absolute atomic E-state index is 10.6. The summed E-state index contributed by atoms with van der Waals surface area (Å²) >= 11 is 0. The third-order valence-corrected chi connectivity index (χ3v) is 2.82. The van der Waals surface area contributed by atoms with Gasteiger partial charge in [0.1, 0.15) is 11.4 Å². The number of aryl methyl sites for hydroxylation is 1. The fraction of sp³-hybridized carbons (Fsp3) is 0.308. The molecular weight excluding hydrogens is 218 g/mol. The van der Waals surface area contributed by atoms with Crippen molar-refractivity contribution in [1.82, 2.24) is 4.98 Å². The van der Waals surface area contributed by atoms with Crippen molar-refractivity contribution in [3.05, 3.63) is 47.7 Å². The molecule has 4 heteroatoms. The SMILES string of the molecule is COc1cccc(C(C)(O)c2ocnc2C)c1. The van der Waals surface area contributed by atoms with Crippen molar-refractivity contribution in [3.8, 4) is 5.75 Å². The van der Waals surface area contributed by atoms with Gasteiger partial charge in [-0.15, -0.1) is 0 Å². The highest BCUT2D eigenvalue weighted by Crippen LogP contribution is 2.32. The molecule has 1 aromatic heterocycles. The molecular formula is C13H15NO3. The number of aliphatic hydroxyl groups is 1. The number of methoxy groups -OCH3 is 1. The second-order valence-corrected chi connectivity index (χ2v) is 4.07. The van der Waals surface area contributed by atoms with Crippen LogP contribution in [0.4, 0.5) is 0 Å². The van der Waals surface area contributed by atoms with E-state index in [-0.39, 0.29) is 0 Å². The number of oxazole rings is 1. The second-order valence-electron chi connectivity index (χ2n) is 4.07. The topological polar surface area (TPSA) is 55.5 Å². The summed E-state index contributed by atoms with van der Waals surface area (Å²) in [6, 6.07) is 7.26. The maximum atomic E-state index is 10.6. The van der Waals surface area contributed by atoms with E-state index in [9.17, 15) is 5.11 Å². The zero-order valence-corrected chi connectivity index (χ0v) is 10.1. The lowest BCUT2D eigenvalue weighted by molar-refractivity contribution is 0.0756. The number of hydrogen-bond donors (Lipinski definition) is 1. The third-order valence-electron chi connectivity index (χ3n) is 2.82. The van der Waals surface area contributed by atoms with E-state index in [4.69, 9.17) is 9.15 Å². The summed E-state index contributed by atoms with van der Waals surface area (Å²) in [4.78, 5) is 3.99. The molecule has 17 heavy (non-hydrogen) atoms. The van der Waals surface area contributed by atoms with E-state index < -0.39 is 5.60 Å². The van der Waals surface area contributed by atoms with E-state index >= 15 is 0 Å².